The first kappa shape index (κ1) is 18.2. The summed E-state index contributed by atoms with van der Waals surface area (Å²) in [5, 5.41) is 7.19. The Morgan fingerprint density at radius 3 is 2.79 bits per heavy atom. The summed E-state index contributed by atoms with van der Waals surface area (Å²) in [6, 6.07) is 5.67. The highest BCUT2D eigenvalue weighted by Gasteiger charge is 2.32. The van der Waals surface area contributed by atoms with Gasteiger partial charge in [0.2, 0.25) is 0 Å². The highest BCUT2D eigenvalue weighted by atomic mass is 16.2. The van der Waals surface area contributed by atoms with Gasteiger partial charge in [-0.2, -0.15) is 5.10 Å². The summed E-state index contributed by atoms with van der Waals surface area (Å²) in [5.74, 6) is 0.223. The molecule has 1 aliphatic heterocycles. The lowest BCUT2D eigenvalue weighted by Gasteiger charge is -2.12. The van der Waals surface area contributed by atoms with Crippen LogP contribution >= 0.6 is 0 Å². The Morgan fingerprint density at radius 1 is 1.25 bits per heavy atom. The van der Waals surface area contributed by atoms with Gasteiger partial charge >= 0.3 is 0 Å². The Labute approximate surface area is 163 Å². The number of carbonyl (C=O) groups excluding carboxylic acids is 2. The smallest absolute Gasteiger partial charge is 0.261 e. The third kappa shape index (κ3) is 3.02. The lowest BCUT2D eigenvalue weighted by molar-refractivity contribution is 0.0816. The number of carbonyl (C=O) groups is 2. The Bertz CT molecular complexity index is 1070. The van der Waals surface area contributed by atoms with Crippen LogP contribution in [0.25, 0.3) is 5.65 Å². The number of hydrogen-bond donors (Lipinski definition) is 1. The molecule has 0 unspecified atom stereocenters. The van der Waals surface area contributed by atoms with E-state index in [1.807, 2.05) is 26.0 Å². The van der Waals surface area contributed by atoms with Gasteiger partial charge in [-0.3, -0.25) is 9.59 Å². The van der Waals surface area contributed by atoms with Crippen molar-refractivity contribution in [1.82, 2.24) is 19.5 Å². The molecule has 0 bridgehead atoms. The first-order chi connectivity index (χ1) is 13.6. The van der Waals surface area contributed by atoms with Crippen molar-refractivity contribution >= 4 is 23.1 Å². The van der Waals surface area contributed by atoms with Gasteiger partial charge in [0.05, 0.1) is 6.20 Å². The van der Waals surface area contributed by atoms with Crippen molar-refractivity contribution in [3.63, 3.8) is 0 Å². The topological polar surface area (TPSA) is 79.6 Å². The zero-order valence-corrected chi connectivity index (χ0v) is 16.3. The molecular formula is C21H23N5O2. The number of amides is 2. The second-order valence-corrected chi connectivity index (χ2v) is 6.93. The van der Waals surface area contributed by atoms with Crippen LogP contribution in [-0.2, 0) is 6.54 Å². The fraction of sp³-hybridized carbons (Fsp3) is 0.333. The molecule has 1 aliphatic carbocycles. The quantitative estimate of drug-likeness (QED) is 0.758. The van der Waals surface area contributed by atoms with E-state index in [9.17, 15) is 9.59 Å². The average molecular weight is 377 g/mol. The Balaban J connectivity index is 0.000000932. The van der Waals surface area contributed by atoms with E-state index in [0.717, 1.165) is 35.2 Å². The van der Waals surface area contributed by atoms with Gasteiger partial charge in [0.15, 0.2) is 5.65 Å². The largest absolute Gasteiger partial charge is 0.337 e. The zero-order chi connectivity index (χ0) is 19.8. The second-order valence-electron chi connectivity index (χ2n) is 6.93. The van der Waals surface area contributed by atoms with Crippen LogP contribution in [0.4, 0.5) is 5.69 Å². The summed E-state index contributed by atoms with van der Waals surface area (Å²) in [6.45, 7) is 4.57. The van der Waals surface area contributed by atoms with Crippen molar-refractivity contribution in [2.24, 2.45) is 0 Å². The molecule has 1 saturated carbocycles. The number of fused-ring (bicyclic) bond motifs is 2. The number of nitrogens with zero attached hydrogens (tertiary/aromatic N) is 4. The second kappa shape index (κ2) is 7.07. The van der Waals surface area contributed by atoms with Crippen LogP contribution in [0.2, 0.25) is 0 Å². The minimum Gasteiger partial charge on any atom is -0.337 e. The summed E-state index contributed by atoms with van der Waals surface area (Å²) in [6.07, 6.45) is 7.10. The molecule has 0 radical (unpaired) electrons. The first-order valence-electron chi connectivity index (χ1n) is 9.64. The molecule has 7 heteroatoms. The molecule has 144 valence electrons. The van der Waals surface area contributed by atoms with Gasteiger partial charge in [-0.1, -0.05) is 13.8 Å². The van der Waals surface area contributed by atoms with E-state index in [1.165, 1.54) is 6.20 Å². The molecule has 3 aromatic rings. The van der Waals surface area contributed by atoms with Gasteiger partial charge in [0, 0.05) is 37.2 Å². The first-order valence-corrected chi connectivity index (χ1v) is 9.64. The fourth-order valence-corrected chi connectivity index (χ4v) is 3.54. The van der Waals surface area contributed by atoms with Crippen molar-refractivity contribution in [1.29, 1.82) is 0 Å². The Morgan fingerprint density at radius 2 is 2.04 bits per heavy atom. The number of nitrogens with one attached hydrogen (secondary N) is 1. The van der Waals surface area contributed by atoms with Crippen molar-refractivity contribution in [3.05, 3.63) is 59.0 Å². The van der Waals surface area contributed by atoms with E-state index < -0.39 is 0 Å². The molecule has 2 aromatic heterocycles. The Kier molecular flexibility index (Phi) is 4.58. The van der Waals surface area contributed by atoms with E-state index in [0.29, 0.717) is 23.7 Å². The third-order valence-electron chi connectivity index (χ3n) is 5.05. The van der Waals surface area contributed by atoms with Crippen LogP contribution in [0.3, 0.4) is 0 Å². The van der Waals surface area contributed by atoms with Crippen molar-refractivity contribution in [2.75, 3.05) is 12.4 Å². The van der Waals surface area contributed by atoms with Crippen LogP contribution < -0.4 is 5.32 Å². The monoisotopic (exact) mass is 377 g/mol. The van der Waals surface area contributed by atoms with E-state index in [-0.39, 0.29) is 11.8 Å². The molecule has 1 fully saturated rings. The van der Waals surface area contributed by atoms with Gasteiger partial charge in [0.25, 0.3) is 11.8 Å². The summed E-state index contributed by atoms with van der Waals surface area (Å²) < 4.78 is 1.58. The molecule has 3 heterocycles. The molecule has 1 N–H and O–H groups in total. The predicted molar refractivity (Wildman–Crippen MR) is 107 cm³/mol. The van der Waals surface area contributed by atoms with Crippen LogP contribution in [0.15, 0.2) is 36.8 Å². The van der Waals surface area contributed by atoms with E-state index in [1.54, 1.807) is 34.9 Å². The molecule has 2 aliphatic rings. The maximum Gasteiger partial charge on any atom is 0.261 e. The summed E-state index contributed by atoms with van der Waals surface area (Å²) in [4.78, 5) is 31.0. The van der Waals surface area contributed by atoms with Crippen LogP contribution in [-0.4, -0.2) is 38.4 Å². The number of aromatic nitrogens is 3. The molecule has 0 spiro atoms. The van der Waals surface area contributed by atoms with Gasteiger partial charge in [0.1, 0.15) is 5.56 Å². The van der Waals surface area contributed by atoms with E-state index >= 15 is 0 Å². The predicted octanol–water partition coefficient (Wildman–Crippen LogP) is 3.47. The van der Waals surface area contributed by atoms with Gasteiger partial charge < -0.3 is 10.2 Å². The van der Waals surface area contributed by atoms with Gasteiger partial charge in [-0.15, -0.1) is 0 Å². The minimum absolute atomic E-state index is 0.0478. The zero-order valence-electron chi connectivity index (χ0n) is 16.3. The average Bonchev–Trinajstić information content (AvgIpc) is 3.40. The molecule has 5 rings (SSSR count). The minimum atomic E-state index is -0.238. The van der Waals surface area contributed by atoms with Crippen LogP contribution in [0.1, 0.15) is 64.4 Å². The van der Waals surface area contributed by atoms with Crippen LogP contribution in [0.5, 0.6) is 0 Å². The summed E-state index contributed by atoms with van der Waals surface area (Å²) in [5.41, 5.74) is 4.50. The molecule has 28 heavy (non-hydrogen) atoms. The maximum atomic E-state index is 12.8. The van der Waals surface area contributed by atoms with E-state index in [2.05, 4.69) is 15.4 Å². The van der Waals surface area contributed by atoms with Gasteiger partial charge in [-0.05, 0) is 48.1 Å². The molecule has 0 atom stereocenters. The molecule has 2 amide bonds. The van der Waals surface area contributed by atoms with Crippen molar-refractivity contribution in [2.45, 2.75) is 39.2 Å². The van der Waals surface area contributed by atoms with E-state index in [4.69, 9.17) is 0 Å². The number of rotatable bonds is 3. The highest BCUT2D eigenvalue weighted by molar-refractivity contribution is 6.09. The standard InChI is InChI=1S/C19H17N5O2.C2H6/c1-23-10-12-7-16(13(11-3-4-11)8-14(12)19(23)26)22-18(25)15-9-21-24-6-2-5-20-17(15)24;1-2/h2,5-9,11H,3-4,10H2,1H3,(H,22,25);1-2H3. The maximum absolute atomic E-state index is 12.8. The lowest BCUT2D eigenvalue weighted by Crippen LogP contribution is -2.17. The lowest BCUT2D eigenvalue weighted by atomic mass is 10.0. The normalized spacial score (nSPS) is 15.2. The highest BCUT2D eigenvalue weighted by Crippen LogP contribution is 2.45. The molecular weight excluding hydrogens is 354 g/mol. The Hall–Kier alpha value is -3.22. The van der Waals surface area contributed by atoms with Crippen molar-refractivity contribution in [3.8, 4) is 0 Å². The molecule has 7 nitrogen and oxygen atoms in total. The SMILES string of the molecule is CC.CN1Cc2cc(NC(=O)c3cnn4cccnc34)c(C3CC3)cc2C1=O. The summed E-state index contributed by atoms with van der Waals surface area (Å²) in [7, 11) is 1.79. The summed E-state index contributed by atoms with van der Waals surface area (Å²) >= 11 is 0. The molecule has 1 aromatic carbocycles. The van der Waals surface area contributed by atoms with Gasteiger partial charge in [-0.25, -0.2) is 9.50 Å². The third-order valence-corrected chi connectivity index (χ3v) is 5.05. The number of benzene rings is 1. The fourth-order valence-electron chi connectivity index (χ4n) is 3.54. The number of anilines is 1. The van der Waals surface area contributed by atoms with Crippen molar-refractivity contribution < 1.29 is 9.59 Å². The van der Waals surface area contributed by atoms with Crippen LogP contribution in [0, 0.1) is 0 Å². The number of hydrogen-bond acceptors (Lipinski definition) is 4. The molecule has 0 saturated heterocycles.